The van der Waals surface area contributed by atoms with Gasteiger partial charge in [0.1, 0.15) is 11.5 Å². The predicted molar refractivity (Wildman–Crippen MR) is 105 cm³/mol. The van der Waals surface area contributed by atoms with E-state index in [9.17, 15) is 9.59 Å². The van der Waals surface area contributed by atoms with Gasteiger partial charge in [0.25, 0.3) is 5.91 Å². The van der Waals surface area contributed by atoms with Crippen LogP contribution in [0.5, 0.6) is 11.5 Å². The van der Waals surface area contributed by atoms with Crippen LogP contribution in [-0.2, 0) is 16.0 Å². The fourth-order valence-corrected chi connectivity index (χ4v) is 2.31. The van der Waals surface area contributed by atoms with Crippen LogP contribution in [0.2, 0.25) is 0 Å². The Balaban J connectivity index is 1.68. The van der Waals surface area contributed by atoms with Gasteiger partial charge < -0.3 is 14.8 Å². The molecule has 0 aromatic heterocycles. The maximum Gasteiger partial charge on any atom is 0.276 e. The minimum Gasteiger partial charge on any atom is -0.497 e. The second-order valence-corrected chi connectivity index (χ2v) is 6.09. The molecule has 0 atom stereocenters. The summed E-state index contributed by atoms with van der Waals surface area (Å²) < 4.78 is 10.4. The molecule has 0 heterocycles. The number of hydrazine groups is 1. The lowest BCUT2D eigenvalue weighted by molar-refractivity contribution is -0.124. The topological polar surface area (TPSA) is 88.7 Å². The minimum absolute atomic E-state index is 0.00239. The smallest absolute Gasteiger partial charge is 0.276 e. The van der Waals surface area contributed by atoms with E-state index in [1.165, 1.54) is 0 Å². The fraction of sp³-hybridized carbons (Fsp3) is 0.211. The summed E-state index contributed by atoms with van der Waals surface area (Å²) in [6, 6.07) is 14.5. The summed E-state index contributed by atoms with van der Waals surface area (Å²) in [4.78, 5) is 23.7. The molecule has 0 unspecified atom stereocenters. The second kappa shape index (κ2) is 10.1. The highest BCUT2D eigenvalue weighted by Gasteiger charge is 2.08. The predicted octanol–water partition coefficient (Wildman–Crippen LogP) is 1.65. The van der Waals surface area contributed by atoms with Crippen molar-refractivity contribution in [3.05, 3.63) is 59.7 Å². The van der Waals surface area contributed by atoms with E-state index in [1.807, 2.05) is 25.1 Å². The molecular weight excluding hydrogens is 366 g/mol. The van der Waals surface area contributed by atoms with Crippen molar-refractivity contribution in [1.29, 1.82) is 0 Å². The molecule has 0 saturated carbocycles. The van der Waals surface area contributed by atoms with Gasteiger partial charge in [0.05, 0.1) is 13.5 Å². The summed E-state index contributed by atoms with van der Waals surface area (Å²) >= 11 is 4.98. The van der Waals surface area contributed by atoms with Gasteiger partial charge in [0, 0.05) is 0 Å². The SMILES string of the molecule is COc1ccc(CC(=O)NC(=S)NNC(=O)COc2cccc(C)c2)cc1. The number of rotatable bonds is 6. The molecule has 2 amide bonds. The van der Waals surface area contributed by atoms with Crippen LogP contribution in [0.15, 0.2) is 48.5 Å². The van der Waals surface area contributed by atoms with E-state index in [0.717, 1.165) is 11.1 Å². The number of methoxy groups -OCH3 is 1. The summed E-state index contributed by atoms with van der Waals surface area (Å²) in [6.45, 7) is 1.75. The van der Waals surface area contributed by atoms with E-state index in [4.69, 9.17) is 21.7 Å². The van der Waals surface area contributed by atoms with Crippen molar-refractivity contribution in [2.75, 3.05) is 13.7 Å². The molecule has 2 rings (SSSR count). The van der Waals surface area contributed by atoms with Crippen LogP contribution in [0.25, 0.3) is 0 Å². The Labute approximate surface area is 163 Å². The number of ether oxygens (including phenoxy) is 2. The maximum atomic E-state index is 12.0. The normalized spacial score (nSPS) is 9.85. The Kier molecular flexibility index (Phi) is 7.57. The van der Waals surface area contributed by atoms with E-state index in [2.05, 4.69) is 16.2 Å². The molecule has 0 radical (unpaired) electrons. The molecule has 2 aromatic carbocycles. The third-order valence-corrected chi connectivity index (χ3v) is 3.66. The molecule has 7 nitrogen and oxygen atoms in total. The van der Waals surface area contributed by atoms with Gasteiger partial charge in [-0.1, -0.05) is 24.3 Å². The monoisotopic (exact) mass is 387 g/mol. The number of carbonyl (C=O) groups excluding carboxylic acids is 2. The van der Waals surface area contributed by atoms with E-state index in [-0.39, 0.29) is 24.0 Å². The molecule has 3 N–H and O–H groups in total. The molecule has 0 aliphatic rings. The molecule has 0 saturated heterocycles. The quantitative estimate of drug-likeness (QED) is 0.516. The molecular formula is C19H21N3O4S. The first-order valence-electron chi connectivity index (χ1n) is 8.17. The standard InChI is InChI=1S/C19H21N3O4S/c1-13-4-3-5-16(10-13)26-12-18(24)21-22-19(27)20-17(23)11-14-6-8-15(25-2)9-7-14/h3-10H,11-12H2,1-2H3,(H,21,24)(H2,20,22,23,27). The van der Waals surface area contributed by atoms with Gasteiger partial charge in [-0.15, -0.1) is 0 Å². The van der Waals surface area contributed by atoms with E-state index >= 15 is 0 Å². The number of thiocarbonyl (C=S) groups is 1. The van der Waals surface area contributed by atoms with Crippen LogP contribution < -0.4 is 25.6 Å². The first kappa shape index (κ1) is 20.2. The van der Waals surface area contributed by atoms with Gasteiger partial charge in [0.2, 0.25) is 5.91 Å². The van der Waals surface area contributed by atoms with Crippen molar-refractivity contribution in [2.45, 2.75) is 13.3 Å². The fourth-order valence-electron chi connectivity index (χ4n) is 2.15. The average molecular weight is 387 g/mol. The molecule has 142 valence electrons. The third-order valence-electron chi connectivity index (χ3n) is 3.45. The number of hydrogen-bond acceptors (Lipinski definition) is 5. The Bertz CT molecular complexity index is 809. The summed E-state index contributed by atoms with van der Waals surface area (Å²) in [6.07, 6.45) is 0.149. The molecule has 0 aliphatic carbocycles. The lowest BCUT2D eigenvalue weighted by Crippen LogP contribution is -2.49. The summed E-state index contributed by atoms with van der Waals surface area (Å²) in [5.41, 5.74) is 6.68. The van der Waals surface area contributed by atoms with Crippen LogP contribution in [0.4, 0.5) is 0 Å². The van der Waals surface area contributed by atoms with Crippen molar-refractivity contribution < 1.29 is 19.1 Å². The van der Waals surface area contributed by atoms with Crippen LogP contribution in [0.3, 0.4) is 0 Å². The highest BCUT2D eigenvalue weighted by atomic mass is 32.1. The molecule has 2 aromatic rings. The molecule has 0 bridgehead atoms. The zero-order valence-electron chi connectivity index (χ0n) is 15.1. The van der Waals surface area contributed by atoms with Gasteiger partial charge in [-0.05, 0) is 54.5 Å². The number of amides is 2. The zero-order valence-corrected chi connectivity index (χ0v) is 15.9. The van der Waals surface area contributed by atoms with Gasteiger partial charge in [-0.2, -0.15) is 0 Å². The first-order valence-corrected chi connectivity index (χ1v) is 8.58. The summed E-state index contributed by atoms with van der Waals surface area (Å²) in [5.74, 6) is 0.582. The van der Waals surface area contributed by atoms with Crippen LogP contribution in [0.1, 0.15) is 11.1 Å². The van der Waals surface area contributed by atoms with Gasteiger partial charge in [-0.3, -0.25) is 20.4 Å². The molecule has 0 fully saturated rings. The van der Waals surface area contributed by atoms with Crippen molar-refractivity contribution in [2.24, 2.45) is 0 Å². The van der Waals surface area contributed by atoms with Crippen LogP contribution >= 0.6 is 12.2 Å². The number of nitrogens with one attached hydrogen (secondary N) is 3. The Morgan fingerprint density at radius 2 is 1.74 bits per heavy atom. The minimum atomic E-state index is -0.428. The van der Waals surface area contributed by atoms with E-state index in [0.29, 0.717) is 11.5 Å². The van der Waals surface area contributed by atoms with Crippen LogP contribution in [-0.4, -0.2) is 30.6 Å². The molecule has 8 heteroatoms. The first-order chi connectivity index (χ1) is 13.0. The van der Waals surface area contributed by atoms with Gasteiger partial charge in [0.15, 0.2) is 11.7 Å². The lowest BCUT2D eigenvalue weighted by Gasteiger charge is -2.11. The number of carbonyl (C=O) groups is 2. The number of aryl methyl sites for hydroxylation is 1. The largest absolute Gasteiger partial charge is 0.497 e. The highest BCUT2D eigenvalue weighted by molar-refractivity contribution is 7.80. The van der Waals surface area contributed by atoms with Crippen LogP contribution in [0, 0.1) is 6.92 Å². The highest BCUT2D eigenvalue weighted by Crippen LogP contribution is 2.12. The average Bonchev–Trinajstić information content (AvgIpc) is 2.65. The Morgan fingerprint density at radius 3 is 2.41 bits per heavy atom. The zero-order chi connectivity index (χ0) is 19.6. The van der Waals surface area contributed by atoms with E-state index in [1.54, 1.807) is 37.4 Å². The van der Waals surface area contributed by atoms with E-state index < -0.39 is 5.91 Å². The molecule has 27 heavy (non-hydrogen) atoms. The second-order valence-electron chi connectivity index (χ2n) is 5.68. The molecule has 0 spiro atoms. The Morgan fingerprint density at radius 1 is 1.00 bits per heavy atom. The van der Waals surface area contributed by atoms with Crippen molar-refractivity contribution in [3.63, 3.8) is 0 Å². The number of hydrogen-bond donors (Lipinski definition) is 3. The van der Waals surface area contributed by atoms with Gasteiger partial charge >= 0.3 is 0 Å². The lowest BCUT2D eigenvalue weighted by atomic mass is 10.1. The van der Waals surface area contributed by atoms with Crippen molar-refractivity contribution >= 4 is 29.1 Å². The van der Waals surface area contributed by atoms with Crippen molar-refractivity contribution in [3.8, 4) is 11.5 Å². The molecule has 0 aliphatic heterocycles. The third kappa shape index (κ3) is 7.33. The summed E-state index contributed by atoms with van der Waals surface area (Å²) in [7, 11) is 1.58. The van der Waals surface area contributed by atoms with Gasteiger partial charge in [-0.25, -0.2) is 0 Å². The maximum absolute atomic E-state index is 12.0. The Hall–Kier alpha value is -3.13. The summed E-state index contributed by atoms with van der Waals surface area (Å²) in [5, 5.41) is 2.49. The van der Waals surface area contributed by atoms with Crippen molar-refractivity contribution in [1.82, 2.24) is 16.2 Å². The number of benzene rings is 2.